The molecule has 0 atom stereocenters. The first kappa shape index (κ1) is 14.8. The number of hydrogen-bond donors (Lipinski definition) is 1. The normalized spacial score (nSPS) is 16.2. The standard InChI is InChI=1S/C13H19N3O3S/c1-2-18-12(17)11-4-3-10(19-11)9-15-13(14)16-5-7-20-8-6-16/h3-4H,2,5-9H2,1H3,(H2,14,15). The van der Waals surface area contributed by atoms with Gasteiger partial charge < -0.3 is 19.8 Å². The summed E-state index contributed by atoms with van der Waals surface area (Å²) in [6.45, 7) is 4.25. The molecule has 7 heteroatoms. The minimum atomic E-state index is -0.455. The quantitative estimate of drug-likeness (QED) is 0.513. The van der Waals surface area contributed by atoms with Crippen LogP contribution in [0.2, 0.25) is 0 Å². The Morgan fingerprint density at radius 1 is 1.50 bits per heavy atom. The van der Waals surface area contributed by atoms with Crippen LogP contribution in [0.15, 0.2) is 21.5 Å². The van der Waals surface area contributed by atoms with Crippen molar-refractivity contribution >= 4 is 23.7 Å². The van der Waals surface area contributed by atoms with Gasteiger partial charge in [0.05, 0.1) is 6.61 Å². The molecule has 0 spiro atoms. The number of ether oxygens (including phenoxy) is 1. The van der Waals surface area contributed by atoms with Crippen molar-refractivity contribution in [2.24, 2.45) is 10.7 Å². The second-order valence-corrected chi connectivity index (χ2v) is 5.49. The van der Waals surface area contributed by atoms with Crippen LogP contribution in [0.1, 0.15) is 23.2 Å². The molecule has 6 nitrogen and oxygen atoms in total. The number of furan rings is 1. The average Bonchev–Trinajstić information content (AvgIpc) is 2.95. The Balaban J connectivity index is 1.91. The van der Waals surface area contributed by atoms with Crippen LogP contribution >= 0.6 is 11.8 Å². The second-order valence-electron chi connectivity index (χ2n) is 4.26. The lowest BCUT2D eigenvalue weighted by atomic mass is 10.4. The first-order chi connectivity index (χ1) is 9.70. The van der Waals surface area contributed by atoms with Crippen molar-refractivity contribution < 1.29 is 13.9 Å². The third-order valence-electron chi connectivity index (χ3n) is 2.87. The molecule has 0 saturated carbocycles. The fourth-order valence-corrected chi connectivity index (χ4v) is 2.73. The van der Waals surface area contributed by atoms with Crippen molar-refractivity contribution in [2.45, 2.75) is 13.5 Å². The van der Waals surface area contributed by atoms with Gasteiger partial charge in [0.1, 0.15) is 12.3 Å². The Hall–Kier alpha value is -1.63. The van der Waals surface area contributed by atoms with Crippen molar-refractivity contribution in [3.8, 4) is 0 Å². The van der Waals surface area contributed by atoms with Gasteiger partial charge in [-0.05, 0) is 19.1 Å². The van der Waals surface area contributed by atoms with Crippen molar-refractivity contribution in [2.75, 3.05) is 31.2 Å². The third-order valence-corrected chi connectivity index (χ3v) is 3.81. The van der Waals surface area contributed by atoms with Crippen LogP contribution in [-0.2, 0) is 11.3 Å². The number of rotatable bonds is 4. The summed E-state index contributed by atoms with van der Waals surface area (Å²) in [6, 6.07) is 3.31. The Kier molecular flexibility index (Phi) is 5.34. The second kappa shape index (κ2) is 7.23. The maximum Gasteiger partial charge on any atom is 0.374 e. The van der Waals surface area contributed by atoms with E-state index in [1.807, 2.05) is 11.8 Å². The molecule has 1 aromatic rings. The van der Waals surface area contributed by atoms with E-state index in [0.717, 1.165) is 24.6 Å². The predicted molar refractivity (Wildman–Crippen MR) is 78.9 cm³/mol. The summed E-state index contributed by atoms with van der Waals surface area (Å²) in [5.41, 5.74) is 5.94. The molecule has 1 saturated heterocycles. The minimum Gasteiger partial charge on any atom is -0.460 e. The maximum absolute atomic E-state index is 11.5. The lowest BCUT2D eigenvalue weighted by Crippen LogP contribution is -2.42. The molecule has 2 rings (SSSR count). The number of carbonyl (C=O) groups excluding carboxylic acids is 1. The van der Waals surface area contributed by atoms with E-state index in [9.17, 15) is 4.79 Å². The average molecular weight is 297 g/mol. The Morgan fingerprint density at radius 2 is 2.25 bits per heavy atom. The molecule has 2 N–H and O–H groups in total. The lowest BCUT2D eigenvalue weighted by Gasteiger charge is -2.27. The van der Waals surface area contributed by atoms with Crippen molar-refractivity contribution in [1.82, 2.24) is 4.90 Å². The highest BCUT2D eigenvalue weighted by Crippen LogP contribution is 2.12. The van der Waals surface area contributed by atoms with Gasteiger partial charge in [-0.3, -0.25) is 0 Å². The van der Waals surface area contributed by atoms with Crippen molar-refractivity contribution in [3.05, 3.63) is 23.7 Å². The van der Waals surface area contributed by atoms with E-state index in [-0.39, 0.29) is 5.76 Å². The summed E-state index contributed by atoms with van der Waals surface area (Å²) in [6.07, 6.45) is 0. The van der Waals surface area contributed by atoms with E-state index in [0.29, 0.717) is 24.9 Å². The van der Waals surface area contributed by atoms with Crippen LogP contribution in [0.4, 0.5) is 0 Å². The monoisotopic (exact) mass is 297 g/mol. The Morgan fingerprint density at radius 3 is 2.95 bits per heavy atom. The highest BCUT2D eigenvalue weighted by molar-refractivity contribution is 7.99. The van der Waals surface area contributed by atoms with E-state index in [1.54, 1.807) is 19.1 Å². The topological polar surface area (TPSA) is 81.1 Å². The summed E-state index contributed by atoms with van der Waals surface area (Å²) >= 11 is 1.92. The molecule has 0 amide bonds. The zero-order valence-electron chi connectivity index (χ0n) is 11.5. The summed E-state index contributed by atoms with van der Waals surface area (Å²) in [5.74, 6) is 3.02. The molecule has 0 aromatic carbocycles. The Labute approximate surface area is 122 Å². The molecule has 0 unspecified atom stereocenters. The zero-order chi connectivity index (χ0) is 14.4. The number of nitrogens with two attached hydrogens (primary N) is 1. The van der Waals surface area contributed by atoms with Crippen molar-refractivity contribution in [3.63, 3.8) is 0 Å². The highest BCUT2D eigenvalue weighted by atomic mass is 32.2. The molecule has 0 radical (unpaired) electrons. The van der Waals surface area contributed by atoms with Gasteiger partial charge in [-0.15, -0.1) is 0 Å². The number of carbonyl (C=O) groups is 1. The SMILES string of the molecule is CCOC(=O)c1ccc(CN=C(N)N2CCSCC2)o1. The molecule has 20 heavy (non-hydrogen) atoms. The van der Waals surface area contributed by atoms with Gasteiger partial charge in [0, 0.05) is 24.6 Å². The van der Waals surface area contributed by atoms with Crippen LogP contribution in [0, 0.1) is 0 Å². The van der Waals surface area contributed by atoms with Gasteiger partial charge in [0.2, 0.25) is 5.76 Å². The predicted octanol–water partition coefficient (Wildman–Crippen LogP) is 1.32. The number of aliphatic imine (C=N–C) groups is 1. The molecule has 1 aliphatic heterocycles. The fraction of sp³-hybridized carbons (Fsp3) is 0.538. The smallest absolute Gasteiger partial charge is 0.374 e. The first-order valence-electron chi connectivity index (χ1n) is 6.59. The number of hydrogen-bond acceptors (Lipinski definition) is 5. The van der Waals surface area contributed by atoms with E-state index in [1.165, 1.54) is 0 Å². The zero-order valence-corrected chi connectivity index (χ0v) is 12.3. The van der Waals surface area contributed by atoms with E-state index >= 15 is 0 Å². The minimum absolute atomic E-state index is 0.199. The number of nitrogens with zero attached hydrogens (tertiary/aromatic N) is 2. The van der Waals surface area contributed by atoms with Gasteiger partial charge in [0.25, 0.3) is 0 Å². The van der Waals surface area contributed by atoms with E-state index in [4.69, 9.17) is 14.9 Å². The number of guanidine groups is 1. The summed E-state index contributed by atoms with van der Waals surface area (Å²) < 4.78 is 10.2. The fourth-order valence-electron chi connectivity index (χ4n) is 1.83. The van der Waals surface area contributed by atoms with Gasteiger partial charge in [-0.25, -0.2) is 9.79 Å². The molecular weight excluding hydrogens is 278 g/mol. The molecular formula is C13H19N3O3S. The van der Waals surface area contributed by atoms with Gasteiger partial charge in [0.15, 0.2) is 5.96 Å². The molecule has 0 aliphatic carbocycles. The summed E-state index contributed by atoms with van der Waals surface area (Å²) in [4.78, 5) is 17.8. The van der Waals surface area contributed by atoms with Gasteiger partial charge >= 0.3 is 5.97 Å². The summed E-state index contributed by atoms with van der Waals surface area (Å²) in [5, 5.41) is 0. The molecule has 1 fully saturated rings. The van der Waals surface area contributed by atoms with Crippen LogP contribution in [0.25, 0.3) is 0 Å². The number of thioether (sulfide) groups is 1. The first-order valence-corrected chi connectivity index (χ1v) is 7.74. The van der Waals surface area contributed by atoms with Crippen molar-refractivity contribution in [1.29, 1.82) is 0 Å². The summed E-state index contributed by atoms with van der Waals surface area (Å²) in [7, 11) is 0. The molecule has 0 bridgehead atoms. The lowest BCUT2D eigenvalue weighted by molar-refractivity contribution is 0.0488. The Bertz CT molecular complexity index is 481. The maximum atomic E-state index is 11.5. The number of esters is 1. The van der Waals surface area contributed by atoms with E-state index in [2.05, 4.69) is 9.89 Å². The van der Waals surface area contributed by atoms with E-state index < -0.39 is 5.97 Å². The van der Waals surface area contributed by atoms with Gasteiger partial charge in [-0.1, -0.05) is 0 Å². The van der Waals surface area contributed by atoms with Crippen LogP contribution in [0.5, 0.6) is 0 Å². The largest absolute Gasteiger partial charge is 0.460 e. The molecule has 2 heterocycles. The molecule has 1 aromatic heterocycles. The van der Waals surface area contributed by atoms with Crippen LogP contribution in [-0.4, -0.2) is 48.0 Å². The molecule has 1 aliphatic rings. The highest BCUT2D eigenvalue weighted by Gasteiger charge is 2.14. The van der Waals surface area contributed by atoms with Crippen LogP contribution in [0.3, 0.4) is 0 Å². The van der Waals surface area contributed by atoms with Crippen LogP contribution < -0.4 is 5.73 Å². The third kappa shape index (κ3) is 3.93. The van der Waals surface area contributed by atoms with Gasteiger partial charge in [-0.2, -0.15) is 11.8 Å². The molecule has 110 valence electrons.